The molecular formula is C23H21FN2O4S. The topological polar surface area (TPSA) is 83.4 Å². The number of hydrogen-bond donors (Lipinski definition) is 1. The van der Waals surface area contributed by atoms with Crippen LogP contribution in [0.4, 0.5) is 4.39 Å². The number of hydrogen-bond acceptors (Lipinski definition) is 4. The fourth-order valence-corrected chi connectivity index (χ4v) is 4.97. The van der Waals surface area contributed by atoms with Crippen molar-refractivity contribution in [2.24, 2.45) is 0 Å². The molecule has 4 aromatic rings. The van der Waals surface area contributed by atoms with E-state index >= 15 is 0 Å². The molecule has 31 heavy (non-hydrogen) atoms. The molecule has 160 valence electrons. The molecule has 0 amide bonds. The molecule has 0 saturated carbocycles. The summed E-state index contributed by atoms with van der Waals surface area (Å²) in [4.78, 5) is 15.5. The van der Waals surface area contributed by atoms with E-state index in [-0.39, 0.29) is 23.5 Å². The van der Waals surface area contributed by atoms with Crippen molar-refractivity contribution >= 4 is 20.9 Å². The van der Waals surface area contributed by atoms with E-state index in [0.717, 1.165) is 33.0 Å². The van der Waals surface area contributed by atoms with Gasteiger partial charge in [0, 0.05) is 23.0 Å². The van der Waals surface area contributed by atoms with Gasteiger partial charge in [-0.05, 0) is 73.5 Å². The molecule has 0 aliphatic carbocycles. The fourth-order valence-electron chi connectivity index (χ4n) is 3.58. The highest BCUT2D eigenvalue weighted by molar-refractivity contribution is 7.89. The van der Waals surface area contributed by atoms with Crippen molar-refractivity contribution in [1.82, 2.24) is 9.29 Å². The highest BCUT2D eigenvalue weighted by atomic mass is 32.2. The van der Waals surface area contributed by atoms with Crippen LogP contribution in [0.5, 0.6) is 0 Å². The quantitative estimate of drug-likeness (QED) is 0.485. The lowest BCUT2D eigenvalue weighted by molar-refractivity contribution is 0.357. The number of halogens is 1. The van der Waals surface area contributed by atoms with Gasteiger partial charge in [-0.3, -0.25) is 4.79 Å². The number of aromatic amines is 1. The van der Waals surface area contributed by atoms with Crippen molar-refractivity contribution < 1.29 is 17.2 Å². The minimum Gasteiger partial charge on any atom is -0.468 e. The molecule has 0 fully saturated rings. The lowest BCUT2D eigenvalue weighted by Crippen LogP contribution is -2.32. The second-order valence-electron chi connectivity index (χ2n) is 7.47. The van der Waals surface area contributed by atoms with Gasteiger partial charge in [0.05, 0.1) is 17.7 Å². The zero-order chi connectivity index (χ0) is 22.2. The predicted octanol–water partition coefficient (Wildman–Crippen LogP) is 4.27. The van der Waals surface area contributed by atoms with E-state index in [9.17, 15) is 17.6 Å². The maximum atomic E-state index is 13.3. The smallest absolute Gasteiger partial charge is 0.252 e. The standard InChI is InChI=1S/C23H21FN2O4S/c1-15-10-16(2)21-12-17(23(27)25-22(21)11-15)13-26(14-19-4-3-9-30-19)31(28,29)20-7-5-18(24)6-8-20/h3-12H,13-14H2,1-2H3,(H,25,27). The Hall–Kier alpha value is -3.23. The van der Waals surface area contributed by atoms with Crippen molar-refractivity contribution in [3.8, 4) is 0 Å². The molecular weight excluding hydrogens is 419 g/mol. The molecule has 0 saturated heterocycles. The molecule has 0 radical (unpaired) electrons. The Morgan fingerprint density at radius 3 is 2.45 bits per heavy atom. The summed E-state index contributed by atoms with van der Waals surface area (Å²) in [5.41, 5.74) is 2.64. The van der Waals surface area contributed by atoms with Gasteiger partial charge in [-0.2, -0.15) is 4.31 Å². The lowest BCUT2D eigenvalue weighted by Gasteiger charge is -2.21. The van der Waals surface area contributed by atoms with Gasteiger partial charge < -0.3 is 9.40 Å². The Morgan fingerprint density at radius 1 is 1.03 bits per heavy atom. The maximum absolute atomic E-state index is 13.3. The summed E-state index contributed by atoms with van der Waals surface area (Å²) in [6.45, 7) is 3.64. The van der Waals surface area contributed by atoms with E-state index in [2.05, 4.69) is 4.98 Å². The monoisotopic (exact) mass is 440 g/mol. The van der Waals surface area contributed by atoms with E-state index in [1.165, 1.54) is 18.4 Å². The van der Waals surface area contributed by atoms with Crippen molar-refractivity contribution in [2.45, 2.75) is 31.8 Å². The zero-order valence-corrected chi connectivity index (χ0v) is 17.9. The Morgan fingerprint density at radius 2 is 1.77 bits per heavy atom. The number of aryl methyl sites for hydroxylation is 2. The van der Waals surface area contributed by atoms with Crippen LogP contribution in [0, 0.1) is 19.7 Å². The number of aromatic nitrogens is 1. The summed E-state index contributed by atoms with van der Waals surface area (Å²) in [5, 5.41) is 0.845. The van der Waals surface area contributed by atoms with Crippen LogP contribution < -0.4 is 5.56 Å². The molecule has 0 bridgehead atoms. The predicted molar refractivity (Wildman–Crippen MR) is 116 cm³/mol. The first-order chi connectivity index (χ1) is 14.7. The number of nitrogens with one attached hydrogen (secondary N) is 1. The second kappa shape index (κ2) is 8.13. The average molecular weight is 440 g/mol. The fraction of sp³-hybridized carbons (Fsp3) is 0.174. The van der Waals surface area contributed by atoms with E-state index in [1.807, 2.05) is 26.0 Å². The van der Waals surface area contributed by atoms with Crippen LogP contribution in [0.15, 0.2) is 75.0 Å². The Kier molecular flexibility index (Phi) is 5.51. The number of sulfonamides is 1. The maximum Gasteiger partial charge on any atom is 0.252 e. The SMILES string of the molecule is Cc1cc(C)c2cc(CN(Cc3ccco3)S(=O)(=O)c3ccc(F)cc3)c(=O)[nH]c2c1. The highest BCUT2D eigenvalue weighted by Crippen LogP contribution is 2.23. The summed E-state index contributed by atoms with van der Waals surface area (Å²) in [7, 11) is -4.03. The summed E-state index contributed by atoms with van der Waals surface area (Å²) in [6, 6.07) is 13.5. The largest absolute Gasteiger partial charge is 0.468 e. The van der Waals surface area contributed by atoms with Crippen molar-refractivity contribution in [1.29, 1.82) is 0 Å². The Labute approximate surface area is 179 Å². The van der Waals surface area contributed by atoms with Crippen LogP contribution in [-0.2, 0) is 23.1 Å². The third-order valence-corrected chi connectivity index (χ3v) is 6.91. The van der Waals surface area contributed by atoms with E-state index in [0.29, 0.717) is 16.8 Å². The summed E-state index contributed by atoms with van der Waals surface area (Å²) < 4.78 is 46.4. The lowest BCUT2D eigenvalue weighted by atomic mass is 10.0. The van der Waals surface area contributed by atoms with Gasteiger partial charge in [0.2, 0.25) is 10.0 Å². The Balaban J connectivity index is 1.79. The molecule has 0 spiro atoms. The molecule has 0 atom stereocenters. The van der Waals surface area contributed by atoms with E-state index < -0.39 is 15.8 Å². The van der Waals surface area contributed by atoms with Gasteiger partial charge in [0.15, 0.2) is 0 Å². The summed E-state index contributed by atoms with van der Waals surface area (Å²) in [5.74, 6) is -0.108. The molecule has 2 aromatic heterocycles. The van der Waals surface area contributed by atoms with Crippen molar-refractivity contribution in [3.05, 3.63) is 99.5 Å². The highest BCUT2D eigenvalue weighted by Gasteiger charge is 2.27. The first-order valence-electron chi connectivity index (χ1n) is 9.65. The third-order valence-electron chi connectivity index (χ3n) is 5.10. The molecule has 0 aliphatic heterocycles. The van der Waals surface area contributed by atoms with Gasteiger partial charge in [-0.25, -0.2) is 12.8 Å². The molecule has 2 heterocycles. The van der Waals surface area contributed by atoms with Gasteiger partial charge in [-0.1, -0.05) is 6.07 Å². The molecule has 0 unspecified atom stereocenters. The van der Waals surface area contributed by atoms with Crippen molar-refractivity contribution in [3.63, 3.8) is 0 Å². The third kappa shape index (κ3) is 4.30. The molecule has 2 aromatic carbocycles. The number of benzene rings is 2. The van der Waals surface area contributed by atoms with Gasteiger partial charge in [-0.15, -0.1) is 0 Å². The number of pyridine rings is 1. The first kappa shape index (κ1) is 21.0. The van der Waals surface area contributed by atoms with Gasteiger partial charge in [0.25, 0.3) is 5.56 Å². The molecule has 6 nitrogen and oxygen atoms in total. The Bertz CT molecular complexity index is 1390. The first-order valence-corrected chi connectivity index (χ1v) is 11.1. The van der Waals surface area contributed by atoms with Crippen LogP contribution in [0.1, 0.15) is 22.5 Å². The number of nitrogens with zero attached hydrogens (tertiary/aromatic N) is 1. The molecule has 0 aliphatic rings. The number of fused-ring (bicyclic) bond motifs is 1. The normalized spacial score (nSPS) is 12.0. The van der Waals surface area contributed by atoms with E-state index in [4.69, 9.17) is 4.42 Å². The van der Waals surface area contributed by atoms with Crippen LogP contribution in [0.3, 0.4) is 0 Å². The number of H-pyrrole nitrogens is 1. The minimum absolute atomic E-state index is 0.0653. The second-order valence-corrected chi connectivity index (χ2v) is 9.41. The van der Waals surface area contributed by atoms with Gasteiger partial charge >= 0.3 is 0 Å². The van der Waals surface area contributed by atoms with Crippen LogP contribution in [0.25, 0.3) is 10.9 Å². The number of rotatable bonds is 6. The zero-order valence-electron chi connectivity index (χ0n) is 17.1. The average Bonchev–Trinajstić information content (AvgIpc) is 3.22. The molecule has 4 rings (SSSR count). The van der Waals surface area contributed by atoms with Crippen molar-refractivity contribution in [2.75, 3.05) is 0 Å². The molecule has 1 N–H and O–H groups in total. The van der Waals surface area contributed by atoms with E-state index in [1.54, 1.807) is 18.2 Å². The van der Waals surface area contributed by atoms with Crippen LogP contribution >= 0.6 is 0 Å². The summed E-state index contributed by atoms with van der Waals surface area (Å²) in [6.07, 6.45) is 1.45. The van der Waals surface area contributed by atoms with Gasteiger partial charge in [0.1, 0.15) is 11.6 Å². The number of furan rings is 1. The summed E-state index contributed by atoms with van der Waals surface area (Å²) >= 11 is 0. The minimum atomic E-state index is -4.03. The molecule has 8 heteroatoms. The van der Waals surface area contributed by atoms with Crippen LogP contribution in [0.2, 0.25) is 0 Å². The van der Waals surface area contributed by atoms with Crippen LogP contribution in [-0.4, -0.2) is 17.7 Å².